The molecule has 0 aliphatic carbocycles. The Morgan fingerprint density at radius 1 is 1.12 bits per heavy atom. The van der Waals surface area contributed by atoms with Crippen LogP contribution in [0.15, 0.2) is 35.9 Å². The average Bonchev–Trinajstić information content (AvgIpc) is 3.18. The summed E-state index contributed by atoms with van der Waals surface area (Å²) in [6, 6.07) is 6.88. The second-order valence-electron chi connectivity index (χ2n) is 8.04. The standard InChI is InChI=1S/C26H29NO6/c1-15(10-12-22(29)27-19-8-6-7-18(13-19)17(3)28)9-11-20-24(31-4)16(2)21-14-33-26(30)23(21)25(20)32-5/h6-9,13H,10-12,14H2,1-5H3,(H,27,29)/b15-9+. The molecule has 0 saturated heterocycles. The van der Waals surface area contributed by atoms with Crippen LogP contribution in [0.1, 0.15) is 64.1 Å². The summed E-state index contributed by atoms with van der Waals surface area (Å²) in [5.41, 5.74) is 5.08. The van der Waals surface area contributed by atoms with Crippen molar-refractivity contribution < 1.29 is 28.6 Å². The number of fused-ring (bicyclic) bond motifs is 1. The van der Waals surface area contributed by atoms with E-state index in [-0.39, 0.29) is 24.3 Å². The van der Waals surface area contributed by atoms with E-state index in [0.717, 1.165) is 22.3 Å². The third kappa shape index (κ3) is 5.25. The molecule has 0 fully saturated rings. The summed E-state index contributed by atoms with van der Waals surface area (Å²) in [5, 5.41) is 2.83. The van der Waals surface area contributed by atoms with Gasteiger partial charge in [0.05, 0.1) is 14.2 Å². The molecule has 1 amide bonds. The van der Waals surface area contributed by atoms with Crippen molar-refractivity contribution in [2.75, 3.05) is 19.5 Å². The maximum absolute atomic E-state index is 12.4. The lowest BCUT2D eigenvalue weighted by Gasteiger charge is -2.18. The summed E-state index contributed by atoms with van der Waals surface area (Å²) < 4.78 is 16.4. The Labute approximate surface area is 193 Å². The van der Waals surface area contributed by atoms with Gasteiger partial charge in [0, 0.05) is 28.8 Å². The van der Waals surface area contributed by atoms with E-state index in [1.165, 1.54) is 14.0 Å². The Bertz CT molecular complexity index is 1130. The van der Waals surface area contributed by atoms with E-state index >= 15 is 0 Å². The van der Waals surface area contributed by atoms with Gasteiger partial charge in [-0.3, -0.25) is 9.59 Å². The van der Waals surface area contributed by atoms with Crippen LogP contribution in [0.4, 0.5) is 5.69 Å². The van der Waals surface area contributed by atoms with Crippen molar-refractivity contribution in [2.45, 2.75) is 46.6 Å². The first-order valence-electron chi connectivity index (χ1n) is 10.8. The van der Waals surface area contributed by atoms with Gasteiger partial charge in [0.15, 0.2) is 5.78 Å². The molecule has 1 heterocycles. The second kappa shape index (κ2) is 10.3. The molecule has 0 aromatic heterocycles. The highest BCUT2D eigenvalue weighted by molar-refractivity contribution is 5.98. The minimum absolute atomic E-state index is 0.0502. The van der Waals surface area contributed by atoms with Crippen molar-refractivity contribution in [3.63, 3.8) is 0 Å². The summed E-state index contributed by atoms with van der Waals surface area (Å²) >= 11 is 0. The highest BCUT2D eigenvalue weighted by atomic mass is 16.5. The zero-order chi connectivity index (χ0) is 24.1. The smallest absolute Gasteiger partial charge is 0.342 e. The van der Waals surface area contributed by atoms with Gasteiger partial charge in [-0.1, -0.05) is 23.8 Å². The zero-order valence-electron chi connectivity index (χ0n) is 19.7. The van der Waals surface area contributed by atoms with Crippen LogP contribution in [-0.2, 0) is 22.6 Å². The van der Waals surface area contributed by atoms with E-state index in [2.05, 4.69) is 5.32 Å². The number of anilines is 1. The summed E-state index contributed by atoms with van der Waals surface area (Å²) in [6.07, 6.45) is 3.36. The van der Waals surface area contributed by atoms with Crippen molar-refractivity contribution in [1.82, 2.24) is 0 Å². The average molecular weight is 452 g/mol. The number of methoxy groups -OCH3 is 2. The van der Waals surface area contributed by atoms with Crippen molar-refractivity contribution in [3.05, 3.63) is 63.7 Å². The van der Waals surface area contributed by atoms with Crippen molar-refractivity contribution in [3.8, 4) is 11.5 Å². The number of amides is 1. The molecule has 1 N–H and O–H groups in total. The van der Waals surface area contributed by atoms with E-state index in [9.17, 15) is 14.4 Å². The lowest BCUT2D eigenvalue weighted by atomic mass is 9.94. The second-order valence-corrected chi connectivity index (χ2v) is 8.04. The SMILES string of the molecule is COc1c(C)c2c(c(OC)c1C/C=C(\C)CCC(=O)Nc1cccc(C(C)=O)c1)C(=O)OC2. The number of allylic oxidation sites excluding steroid dienone is 2. The number of ketones is 1. The highest BCUT2D eigenvalue weighted by Gasteiger charge is 2.32. The highest BCUT2D eigenvalue weighted by Crippen LogP contribution is 2.42. The number of carbonyl (C=O) groups excluding carboxylic acids is 3. The number of carbonyl (C=O) groups is 3. The number of cyclic esters (lactones) is 1. The molecule has 174 valence electrons. The molecule has 0 atom stereocenters. The van der Waals surface area contributed by atoms with Gasteiger partial charge < -0.3 is 19.5 Å². The van der Waals surface area contributed by atoms with Crippen LogP contribution in [0.3, 0.4) is 0 Å². The third-order valence-electron chi connectivity index (χ3n) is 5.78. The summed E-state index contributed by atoms with van der Waals surface area (Å²) in [7, 11) is 3.12. The van der Waals surface area contributed by atoms with Crippen LogP contribution < -0.4 is 14.8 Å². The van der Waals surface area contributed by atoms with Gasteiger partial charge in [0.25, 0.3) is 0 Å². The molecule has 0 spiro atoms. The first kappa shape index (κ1) is 24.0. The lowest BCUT2D eigenvalue weighted by molar-refractivity contribution is -0.116. The molecule has 33 heavy (non-hydrogen) atoms. The number of hydrogen-bond donors (Lipinski definition) is 1. The fourth-order valence-electron chi connectivity index (χ4n) is 3.96. The lowest BCUT2D eigenvalue weighted by Crippen LogP contribution is -2.11. The van der Waals surface area contributed by atoms with Gasteiger partial charge in [-0.05, 0) is 51.3 Å². The molecule has 0 radical (unpaired) electrons. The molecule has 0 saturated carbocycles. The number of benzene rings is 2. The normalized spacial score (nSPS) is 12.8. The Kier molecular flexibility index (Phi) is 7.53. The molecule has 2 aromatic rings. The third-order valence-corrected chi connectivity index (χ3v) is 5.78. The predicted molar refractivity (Wildman–Crippen MR) is 125 cm³/mol. The first-order chi connectivity index (χ1) is 15.8. The first-order valence-corrected chi connectivity index (χ1v) is 10.8. The maximum Gasteiger partial charge on any atom is 0.342 e. The summed E-state index contributed by atoms with van der Waals surface area (Å²) in [4.78, 5) is 36.1. The number of ether oxygens (including phenoxy) is 3. The molecule has 3 rings (SSSR count). The Hall–Kier alpha value is -3.61. The van der Waals surface area contributed by atoms with Gasteiger partial charge in [0.2, 0.25) is 5.91 Å². The number of hydrogen-bond acceptors (Lipinski definition) is 6. The fraction of sp³-hybridized carbons (Fsp3) is 0.346. The molecule has 0 unspecified atom stereocenters. The molecule has 7 nitrogen and oxygen atoms in total. The van der Waals surface area contributed by atoms with Gasteiger partial charge in [-0.15, -0.1) is 0 Å². The Balaban J connectivity index is 1.70. The zero-order valence-corrected chi connectivity index (χ0v) is 19.7. The van der Waals surface area contributed by atoms with E-state index in [4.69, 9.17) is 14.2 Å². The molecule has 2 aromatic carbocycles. The molecule has 1 aliphatic rings. The van der Waals surface area contributed by atoms with Crippen molar-refractivity contribution in [2.24, 2.45) is 0 Å². The number of Topliss-reactive ketones (excluding diaryl/α,β-unsaturated/α-hetero) is 1. The van der Waals surface area contributed by atoms with Crippen LogP contribution in [0.5, 0.6) is 11.5 Å². The molecule has 0 bridgehead atoms. The largest absolute Gasteiger partial charge is 0.496 e. The van der Waals surface area contributed by atoms with Crippen LogP contribution in [-0.4, -0.2) is 31.9 Å². The number of nitrogens with one attached hydrogen (secondary N) is 1. The van der Waals surface area contributed by atoms with Gasteiger partial charge in [0.1, 0.15) is 23.7 Å². The maximum atomic E-state index is 12.4. The van der Waals surface area contributed by atoms with Crippen LogP contribution in [0.25, 0.3) is 0 Å². The van der Waals surface area contributed by atoms with Crippen LogP contribution >= 0.6 is 0 Å². The van der Waals surface area contributed by atoms with E-state index < -0.39 is 0 Å². The van der Waals surface area contributed by atoms with Gasteiger partial charge >= 0.3 is 5.97 Å². The summed E-state index contributed by atoms with van der Waals surface area (Å²) in [6.45, 7) is 5.57. The quantitative estimate of drug-likeness (QED) is 0.335. The van der Waals surface area contributed by atoms with E-state index in [1.807, 2.05) is 19.9 Å². The van der Waals surface area contributed by atoms with Crippen LogP contribution in [0, 0.1) is 6.92 Å². The molecular weight excluding hydrogens is 422 g/mol. The van der Waals surface area contributed by atoms with E-state index in [0.29, 0.717) is 47.6 Å². The predicted octanol–water partition coefficient (Wildman–Crippen LogP) is 4.79. The van der Waals surface area contributed by atoms with Gasteiger partial charge in [-0.2, -0.15) is 0 Å². The van der Waals surface area contributed by atoms with Gasteiger partial charge in [-0.25, -0.2) is 4.79 Å². The number of rotatable bonds is 9. The molecular formula is C26H29NO6. The van der Waals surface area contributed by atoms with E-state index in [1.54, 1.807) is 31.4 Å². The minimum atomic E-state index is -0.389. The topological polar surface area (TPSA) is 90.9 Å². The minimum Gasteiger partial charge on any atom is -0.496 e. The van der Waals surface area contributed by atoms with Crippen LogP contribution in [0.2, 0.25) is 0 Å². The molecule has 1 aliphatic heterocycles. The Morgan fingerprint density at radius 3 is 2.52 bits per heavy atom. The van der Waals surface area contributed by atoms with Crippen molar-refractivity contribution >= 4 is 23.3 Å². The number of esters is 1. The van der Waals surface area contributed by atoms with Crippen molar-refractivity contribution in [1.29, 1.82) is 0 Å². The Morgan fingerprint density at radius 2 is 1.85 bits per heavy atom. The monoisotopic (exact) mass is 451 g/mol. The molecule has 7 heteroatoms. The summed E-state index contributed by atoms with van der Waals surface area (Å²) in [5.74, 6) is 0.582. The fourth-order valence-corrected chi connectivity index (χ4v) is 3.96.